The molecule has 1 saturated heterocycles. The Morgan fingerprint density at radius 3 is 3.38 bits per heavy atom. The van der Waals surface area contributed by atoms with Gasteiger partial charge in [-0.05, 0) is 25.0 Å². The Kier molecular flexibility index (Phi) is 0.908. The summed E-state index contributed by atoms with van der Waals surface area (Å²) >= 11 is 0. The second-order valence-corrected chi connectivity index (χ2v) is 2.65. The summed E-state index contributed by atoms with van der Waals surface area (Å²) in [7, 11) is 0. The van der Waals surface area contributed by atoms with E-state index in [1.54, 1.807) is 0 Å². The van der Waals surface area contributed by atoms with E-state index in [-0.39, 0.29) is 0 Å². The van der Waals surface area contributed by atoms with Gasteiger partial charge in [0.2, 0.25) is 0 Å². The van der Waals surface area contributed by atoms with Crippen molar-refractivity contribution in [3.63, 3.8) is 0 Å². The summed E-state index contributed by atoms with van der Waals surface area (Å²) in [5.74, 6) is 0.851. The fraction of sp³-hybridized carbons (Fsp3) is 0.714. The summed E-state index contributed by atoms with van der Waals surface area (Å²) in [6.07, 6.45) is 6.86. The fourth-order valence-corrected chi connectivity index (χ4v) is 1.49. The molecule has 2 aliphatic heterocycles. The number of nitrogens with zero attached hydrogens (tertiary/aromatic N) is 1. The van der Waals surface area contributed by atoms with Crippen molar-refractivity contribution >= 4 is 0 Å². The van der Waals surface area contributed by atoms with Gasteiger partial charge < -0.3 is 0 Å². The van der Waals surface area contributed by atoms with Gasteiger partial charge in [-0.3, -0.25) is 4.90 Å². The van der Waals surface area contributed by atoms with Gasteiger partial charge in [0.05, 0.1) is 0 Å². The average Bonchev–Trinajstić information content (AvgIpc) is 2.12. The minimum absolute atomic E-state index is 0.851. The summed E-state index contributed by atoms with van der Waals surface area (Å²) in [6.45, 7) is 3.68. The van der Waals surface area contributed by atoms with Gasteiger partial charge >= 0.3 is 0 Å². The van der Waals surface area contributed by atoms with Crippen LogP contribution in [0.3, 0.4) is 0 Å². The molecule has 2 rings (SSSR count). The summed E-state index contributed by atoms with van der Waals surface area (Å²) in [5.41, 5.74) is 0. The van der Waals surface area contributed by atoms with Crippen molar-refractivity contribution in [2.45, 2.75) is 6.42 Å². The molecule has 0 aromatic carbocycles. The lowest BCUT2D eigenvalue weighted by atomic mass is 10.1. The Morgan fingerprint density at radius 2 is 2.62 bits per heavy atom. The fourth-order valence-electron chi connectivity index (χ4n) is 1.49. The van der Waals surface area contributed by atoms with E-state index in [2.05, 4.69) is 17.1 Å². The number of hydrogen-bond donors (Lipinski definition) is 0. The van der Waals surface area contributed by atoms with Crippen LogP contribution in [-0.2, 0) is 0 Å². The molecule has 0 spiro atoms. The zero-order chi connectivity index (χ0) is 5.40. The van der Waals surface area contributed by atoms with E-state index in [1.807, 2.05) is 0 Å². The molecule has 0 saturated carbocycles. The Morgan fingerprint density at radius 1 is 1.62 bits per heavy atom. The van der Waals surface area contributed by atoms with Gasteiger partial charge in [0.1, 0.15) is 0 Å². The molecule has 2 bridgehead atoms. The molecule has 0 N–H and O–H groups in total. The van der Waals surface area contributed by atoms with E-state index in [4.69, 9.17) is 0 Å². The summed E-state index contributed by atoms with van der Waals surface area (Å²) < 4.78 is 0. The van der Waals surface area contributed by atoms with Gasteiger partial charge in [0, 0.05) is 13.1 Å². The normalized spacial score (nSPS) is 43.0. The predicted molar refractivity (Wildman–Crippen MR) is 32.4 cm³/mol. The van der Waals surface area contributed by atoms with Crippen LogP contribution in [0.2, 0.25) is 0 Å². The lowest BCUT2D eigenvalue weighted by Crippen LogP contribution is -2.23. The molecule has 8 heavy (non-hydrogen) atoms. The van der Waals surface area contributed by atoms with Gasteiger partial charge in [-0.25, -0.2) is 0 Å². The van der Waals surface area contributed by atoms with Gasteiger partial charge in [0.15, 0.2) is 0 Å². The van der Waals surface area contributed by atoms with Crippen LogP contribution in [0.15, 0.2) is 6.08 Å². The van der Waals surface area contributed by atoms with Crippen molar-refractivity contribution in [2.75, 3.05) is 19.6 Å². The maximum atomic E-state index is 3.25. The van der Waals surface area contributed by atoms with Crippen LogP contribution in [-0.4, -0.2) is 24.5 Å². The first-order valence-corrected chi connectivity index (χ1v) is 3.24. The largest absolute Gasteiger partial charge is 0.298 e. The zero-order valence-electron chi connectivity index (χ0n) is 4.93. The third-order valence-corrected chi connectivity index (χ3v) is 1.98. The Bertz CT molecular complexity index is 118. The standard InChI is InChI=1S/C7H10N/c1-2-7-3-5-8(4-1)6-7/h2,7H,3-6H2. The van der Waals surface area contributed by atoms with Crippen molar-refractivity contribution in [2.24, 2.45) is 5.92 Å². The summed E-state index contributed by atoms with van der Waals surface area (Å²) in [4.78, 5) is 2.45. The minimum atomic E-state index is 0.851. The highest BCUT2D eigenvalue weighted by molar-refractivity contribution is 4.96. The molecule has 0 amide bonds. The van der Waals surface area contributed by atoms with E-state index in [1.165, 1.54) is 19.5 Å². The molecular formula is C7H10N. The average molecular weight is 108 g/mol. The topological polar surface area (TPSA) is 3.24 Å². The van der Waals surface area contributed by atoms with Crippen molar-refractivity contribution < 1.29 is 0 Å². The molecule has 0 aromatic rings. The van der Waals surface area contributed by atoms with Crippen LogP contribution in [0, 0.1) is 12.0 Å². The monoisotopic (exact) mass is 108 g/mol. The van der Waals surface area contributed by atoms with Crippen molar-refractivity contribution in [3.05, 3.63) is 12.2 Å². The molecule has 43 valence electrons. The molecule has 0 aliphatic carbocycles. The maximum Gasteiger partial charge on any atom is 0.0234 e. The quantitative estimate of drug-likeness (QED) is 0.441. The second kappa shape index (κ2) is 1.59. The molecule has 2 atom stereocenters. The first-order chi connectivity index (χ1) is 3.95. The van der Waals surface area contributed by atoms with Crippen molar-refractivity contribution in [1.82, 2.24) is 4.90 Å². The predicted octanol–water partition coefficient (Wildman–Crippen LogP) is 0.681. The van der Waals surface area contributed by atoms with Crippen LogP contribution >= 0.6 is 0 Å². The van der Waals surface area contributed by atoms with E-state index >= 15 is 0 Å². The lowest BCUT2D eigenvalue weighted by Gasteiger charge is -2.14. The minimum Gasteiger partial charge on any atom is -0.298 e. The highest BCUT2D eigenvalue weighted by Crippen LogP contribution is 2.19. The van der Waals surface area contributed by atoms with Gasteiger partial charge in [-0.15, -0.1) is 0 Å². The first kappa shape index (κ1) is 4.57. The molecule has 2 unspecified atom stereocenters. The molecule has 1 radical (unpaired) electrons. The number of hydrogen-bond acceptors (Lipinski definition) is 1. The number of fused-ring (bicyclic) bond motifs is 2. The van der Waals surface area contributed by atoms with Crippen LogP contribution < -0.4 is 0 Å². The molecule has 2 aliphatic rings. The smallest absolute Gasteiger partial charge is 0.0234 e. The summed E-state index contributed by atoms with van der Waals surface area (Å²) in [6, 6.07) is 0. The Labute approximate surface area is 50.0 Å². The lowest BCUT2D eigenvalue weighted by molar-refractivity contribution is 0.353. The van der Waals surface area contributed by atoms with Crippen molar-refractivity contribution in [3.8, 4) is 0 Å². The highest BCUT2D eigenvalue weighted by atomic mass is 15.1. The van der Waals surface area contributed by atoms with Crippen LogP contribution in [0.4, 0.5) is 0 Å². The third-order valence-electron chi connectivity index (χ3n) is 1.98. The van der Waals surface area contributed by atoms with Crippen LogP contribution in [0.25, 0.3) is 0 Å². The van der Waals surface area contributed by atoms with Gasteiger partial charge in [-0.1, -0.05) is 6.08 Å². The molecule has 2 heterocycles. The highest BCUT2D eigenvalue weighted by Gasteiger charge is 2.21. The van der Waals surface area contributed by atoms with Gasteiger partial charge in [-0.2, -0.15) is 0 Å². The van der Waals surface area contributed by atoms with E-state index in [0.717, 1.165) is 12.5 Å². The second-order valence-electron chi connectivity index (χ2n) is 2.65. The van der Waals surface area contributed by atoms with Crippen molar-refractivity contribution in [1.29, 1.82) is 0 Å². The van der Waals surface area contributed by atoms with Crippen LogP contribution in [0.5, 0.6) is 0 Å². The third kappa shape index (κ3) is 0.583. The summed E-state index contributed by atoms with van der Waals surface area (Å²) in [5, 5.41) is 0. The first-order valence-electron chi connectivity index (χ1n) is 3.24. The molecule has 1 heteroatoms. The van der Waals surface area contributed by atoms with Crippen LogP contribution in [0.1, 0.15) is 6.42 Å². The van der Waals surface area contributed by atoms with E-state index < -0.39 is 0 Å². The van der Waals surface area contributed by atoms with Gasteiger partial charge in [0.25, 0.3) is 0 Å². The molecular weight excluding hydrogens is 98.1 g/mol. The molecule has 1 nitrogen and oxygen atoms in total. The maximum absolute atomic E-state index is 3.25. The zero-order valence-corrected chi connectivity index (χ0v) is 4.93. The van der Waals surface area contributed by atoms with E-state index in [0.29, 0.717) is 0 Å². The SMILES string of the molecule is [C]1=CC2CCN(C1)C2. The molecule has 0 aromatic heterocycles. The van der Waals surface area contributed by atoms with E-state index in [9.17, 15) is 0 Å². The number of rotatable bonds is 0. The Hall–Kier alpha value is -0.300. The molecule has 1 fully saturated rings. The Balaban J connectivity index is 2.17.